The summed E-state index contributed by atoms with van der Waals surface area (Å²) in [5.41, 5.74) is 1.03. The zero-order chi connectivity index (χ0) is 24.2. The lowest BCUT2D eigenvalue weighted by Gasteiger charge is -2.25. The van der Waals surface area contributed by atoms with Crippen LogP contribution in [0, 0.1) is 23.2 Å². The van der Waals surface area contributed by atoms with Gasteiger partial charge in [-0.3, -0.25) is 14.4 Å². The Kier molecular flexibility index (Phi) is 7.41. The van der Waals surface area contributed by atoms with Gasteiger partial charge in [0.1, 0.15) is 23.5 Å². The lowest BCUT2D eigenvalue weighted by atomic mass is 9.92. The number of piperidine rings is 1. The van der Waals surface area contributed by atoms with Crippen molar-refractivity contribution in [3.05, 3.63) is 28.4 Å². The molecular weight excluding hydrogens is 502 g/mol. The molecule has 4 N–H and O–H groups in total. The standard InChI is InChI=1S/C24H28BrN5O4/c1-34-20-7-6-17(25)21-16(20)11-19(29-21)24(33)30-18(9-13-4-5-13)23(32)28-15(12-26)10-14-3-2-8-27-22(14)31/h6-7,11,13-15,18,29H,2-5,8-10H2,1H3,(H,27,31)(H,28,32)(H,30,33)/t14-,15?,18?/m0/s1. The van der Waals surface area contributed by atoms with Gasteiger partial charge >= 0.3 is 0 Å². The van der Waals surface area contributed by atoms with Crippen LogP contribution < -0.4 is 20.7 Å². The van der Waals surface area contributed by atoms with Crippen molar-refractivity contribution in [1.29, 1.82) is 5.26 Å². The van der Waals surface area contributed by atoms with Crippen LogP contribution in [0.5, 0.6) is 5.75 Å². The van der Waals surface area contributed by atoms with Crippen LogP contribution in [0.25, 0.3) is 10.9 Å². The van der Waals surface area contributed by atoms with E-state index in [-0.39, 0.29) is 18.2 Å². The molecule has 34 heavy (non-hydrogen) atoms. The molecule has 9 nitrogen and oxygen atoms in total. The quantitative estimate of drug-likeness (QED) is 0.395. The van der Waals surface area contributed by atoms with Crippen molar-refractivity contribution < 1.29 is 19.1 Å². The molecule has 3 atom stereocenters. The summed E-state index contributed by atoms with van der Waals surface area (Å²) in [5.74, 6) is -0.190. The monoisotopic (exact) mass is 529 g/mol. The van der Waals surface area contributed by atoms with Crippen LogP contribution in [-0.4, -0.2) is 48.4 Å². The minimum Gasteiger partial charge on any atom is -0.496 e. The van der Waals surface area contributed by atoms with Crippen LogP contribution in [0.1, 0.15) is 49.0 Å². The molecule has 0 bridgehead atoms. The van der Waals surface area contributed by atoms with Gasteiger partial charge in [0, 0.05) is 22.3 Å². The van der Waals surface area contributed by atoms with Gasteiger partial charge in [-0.05, 0) is 65.7 Å². The molecule has 0 spiro atoms. The molecule has 1 saturated carbocycles. The molecule has 2 unspecified atom stereocenters. The SMILES string of the molecule is COc1ccc(Br)c2[nH]c(C(=O)NC(CC3CC3)C(=O)NC(C#N)C[C@@H]3CCCNC3=O)cc12. The van der Waals surface area contributed by atoms with Crippen molar-refractivity contribution in [2.75, 3.05) is 13.7 Å². The highest BCUT2D eigenvalue weighted by Crippen LogP contribution is 2.34. The maximum atomic E-state index is 13.1. The Balaban J connectivity index is 1.46. The fraction of sp³-hybridized carbons (Fsp3) is 0.500. The fourth-order valence-electron chi connectivity index (χ4n) is 4.38. The Morgan fingerprint density at radius 3 is 2.74 bits per heavy atom. The Bertz CT molecular complexity index is 1140. The van der Waals surface area contributed by atoms with Crippen molar-refractivity contribution in [3.8, 4) is 11.8 Å². The molecule has 2 fully saturated rings. The van der Waals surface area contributed by atoms with Gasteiger partial charge in [0.05, 0.1) is 18.7 Å². The molecule has 1 aromatic carbocycles. The van der Waals surface area contributed by atoms with E-state index < -0.39 is 23.9 Å². The average molecular weight is 530 g/mol. The number of ether oxygens (including phenoxy) is 1. The van der Waals surface area contributed by atoms with Gasteiger partial charge in [0.15, 0.2) is 0 Å². The van der Waals surface area contributed by atoms with Crippen LogP contribution in [0.15, 0.2) is 22.7 Å². The molecule has 1 aliphatic carbocycles. The minimum atomic E-state index is -0.798. The molecule has 2 aromatic rings. The van der Waals surface area contributed by atoms with E-state index in [4.69, 9.17) is 4.74 Å². The second-order valence-corrected chi connectivity index (χ2v) is 9.84. The predicted octanol–water partition coefficient (Wildman–Crippen LogP) is 2.76. The maximum absolute atomic E-state index is 13.1. The third-order valence-corrected chi connectivity index (χ3v) is 7.11. The number of aromatic nitrogens is 1. The summed E-state index contributed by atoms with van der Waals surface area (Å²) >= 11 is 3.48. The molecule has 3 amide bonds. The summed E-state index contributed by atoms with van der Waals surface area (Å²) in [6.45, 7) is 0.643. The van der Waals surface area contributed by atoms with E-state index in [2.05, 4.69) is 42.9 Å². The Hall–Kier alpha value is -3.06. The first-order valence-electron chi connectivity index (χ1n) is 11.5. The summed E-state index contributed by atoms with van der Waals surface area (Å²) in [5, 5.41) is 18.7. The fourth-order valence-corrected chi connectivity index (χ4v) is 4.82. The second-order valence-electron chi connectivity index (χ2n) is 8.98. The molecule has 1 saturated heterocycles. The number of nitriles is 1. The lowest BCUT2D eigenvalue weighted by molar-refractivity contribution is -0.128. The molecule has 10 heteroatoms. The van der Waals surface area contributed by atoms with Crippen LogP contribution in [0.2, 0.25) is 0 Å². The van der Waals surface area contributed by atoms with Gasteiger partial charge in [0.2, 0.25) is 11.8 Å². The summed E-state index contributed by atoms with van der Waals surface area (Å²) < 4.78 is 6.18. The number of amides is 3. The van der Waals surface area contributed by atoms with E-state index in [1.165, 1.54) is 0 Å². The van der Waals surface area contributed by atoms with Crippen molar-refractivity contribution in [3.63, 3.8) is 0 Å². The number of benzene rings is 1. The Morgan fingerprint density at radius 2 is 2.06 bits per heavy atom. The number of aromatic amines is 1. The Labute approximate surface area is 206 Å². The number of carbonyl (C=O) groups excluding carboxylic acids is 3. The summed E-state index contributed by atoms with van der Waals surface area (Å²) in [4.78, 5) is 41.3. The van der Waals surface area contributed by atoms with Crippen LogP contribution >= 0.6 is 15.9 Å². The topological polar surface area (TPSA) is 136 Å². The first kappa shape index (κ1) is 24.1. The third kappa shape index (κ3) is 5.53. The number of H-pyrrole nitrogens is 1. The van der Waals surface area contributed by atoms with Gasteiger partial charge in [-0.25, -0.2) is 0 Å². The number of halogens is 1. The van der Waals surface area contributed by atoms with Gasteiger partial charge in [-0.2, -0.15) is 5.26 Å². The normalized spacial score (nSPS) is 19.6. The molecule has 1 aromatic heterocycles. The maximum Gasteiger partial charge on any atom is 0.268 e. The molecule has 180 valence electrons. The zero-order valence-corrected chi connectivity index (χ0v) is 20.5. The number of rotatable bonds is 9. The number of carbonyl (C=O) groups is 3. The number of hydrogen-bond acceptors (Lipinski definition) is 5. The van der Waals surface area contributed by atoms with Crippen LogP contribution in [0.3, 0.4) is 0 Å². The average Bonchev–Trinajstić information content (AvgIpc) is 3.53. The lowest BCUT2D eigenvalue weighted by Crippen LogP contribution is -2.50. The van der Waals surface area contributed by atoms with E-state index in [1.54, 1.807) is 19.2 Å². The number of hydrogen-bond donors (Lipinski definition) is 4. The van der Waals surface area contributed by atoms with Crippen LogP contribution in [0.4, 0.5) is 0 Å². The van der Waals surface area contributed by atoms with Crippen molar-refractivity contribution in [2.45, 2.75) is 50.6 Å². The molecule has 2 aliphatic rings. The first-order chi connectivity index (χ1) is 16.4. The molecule has 1 aliphatic heterocycles. The van der Waals surface area contributed by atoms with Crippen molar-refractivity contribution in [2.24, 2.45) is 11.8 Å². The minimum absolute atomic E-state index is 0.0796. The van der Waals surface area contributed by atoms with Gasteiger partial charge in [-0.1, -0.05) is 12.8 Å². The van der Waals surface area contributed by atoms with E-state index in [0.717, 1.165) is 34.6 Å². The first-order valence-corrected chi connectivity index (χ1v) is 12.3. The van der Waals surface area contributed by atoms with E-state index >= 15 is 0 Å². The van der Waals surface area contributed by atoms with E-state index in [0.29, 0.717) is 36.7 Å². The zero-order valence-electron chi connectivity index (χ0n) is 18.9. The number of methoxy groups -OCH3 is 1. The molecule has 0 radical (unpaired) electrons. The molecular formula is C24H28BrN5O4. The highest BCUT2D eigenvalue weighted by molar-refractivity contribution is 9.10. The summed E-state index contributed by atoms with van der Waals surface area (Å²) in [6, 6.07) is 5.86. The van der Waals surface area contributed by atoms with E-state index in [9.17, 15) is 19.6 Å². The summed E-state index contributed by atoms with van der Waals surface area (Å²) in [6.07, 6.45) is 4.34. The smallest absolute Gasteiger partial charge is 0.268 e. The summed E-state index contributed by atoms with van der Waals surface area (Å²) in [7, 11) is 1.56. The number of nitrogens with zero attached hydrogens (tertiary/aromatic N) is 1. The third-order valence-electron chi connectivity index (χ3n) is 6.45. The predicted molar refractivity (Wildman–Crippen MR) is 129 cm³/mol. The van der Waals surface area contributed by atoms with Crippen LogP contribution in [-0.2, 0) is 9.59 Å². The van der Waals surface area contributed by atoms with Gasteiger partial charge < -0.3 is 25.7 Å². The molecule has 2 heterocycles. The largest absolute Gasteiger partial charge is 0.496 e. The highest BCUT2D eigenvalue weighted by Gasteiger charge is 2.33. The van der Waals surface area contributed by atoms with E-state index in [1.807, 2.05) is 6.07 Å². The molecule has 4 rings (SSSR count). The Morgan fingerprint density at radius 1 is 1.26 bits per heavy atom. The number of fused-ring (bicyclic) bond motifs is 1. The van der Waals surface area contributed by atoms with Crippen molar-refractivity contribution >= 4 is 44.6 Å². The second kappa shape index (κ2) is 10.5. The number of nitrogens with one attached hydrogen (secondary N) is 4. The highest BCUT2D eigenvalue weighted by atomic mass is 79.9. The van der Waals surface area contributed by atoms with Gasteiger partial charge in [0.25, 0.3) is 5.91 Å². The van der Waals surface area contributed by atoms with Gasteiger partial charge in [-0.15, -0.1) is 0 Å². The van der Waals surface area contributed by atoms with Crippen molar-refractivity contribution in [1.82, 2.24) is 20.9 Å².